The second-order valence-electron chi connectivity index (χ2n) is 5.05. The van der Waals surface area contributed by atoms with Crippen LogP contribution in [-0.2, 0) is 4.74 Å². The molecule has 0 amide bonds. The maximum atomic E-state index is 9.44. The summed E-state index contributed by atoms with van der Waals surface area (Å²) in [6, 6.07) is 4.65. The zero-order valence-electron chi connectivity index (χ0n) is 13.2. The minimum atomic E-state index is 0.381. The fourth-order valence-electron chi connectivity index (χ4n) is 2.54. The van der Waals surface area contributed by atoms with Gasteiger partial charge in [0.05, 0.1) is 12.2 Å². The summed E-state index contributed by atoms with van der Waals surface area (Å²) < 4.78 is 5.21. The fourth-order valence-corrected chi connectivity index (χ4v) is 2.54. The Balaban J connectivity index is 3.28. The van der Waals surface area contributed by atoms with Gasteiger partial charge in [-0.1, -0.05) is 13.8 Å². The lowest BCUT2D eigenvalue weighted by Gasteiger charge is -2.32. The van der Waals surface area contributed by atoms with E-state index in [1.807, 2.05) is 19.9 Å². The predicted octanol–water partition coefficient (Wildman–Crippen LogP) is 3.21. The van der Waals surface area contributed by atoms with Crippen molar-refractivity contribution >= 4 is 5.82 Å². The molecule has 1 heterocycles. The zero-order valence-corrected chi connectivity index (χ0v) is 13.2. The molecule has 0 aromatic carbocycles. The van der Waals surface area contributed by atoms with Crippen LogP contribution in [0.15, 0.2) is 6.07 Å². The standard InChI is InChI=1S/C16H25N3O/c1-6-14(7-2)19(8-9-20-5)16-15(11-17)12(3)10-13(4)18-16/h10,14H,6-9H2,1-5H3. The number of hydrogen-bond donors (Lipinski definition) is 0. The van der Waals surface area contributed by atoms with E-state index < -0.39 is 0 Å². The summed E-state index contributed by atoms with van der Waals surface area (Å²) in [6.45, 7) is 9.67. The Morgan fingerprint density at radius 3 is 2.50 bits per heavy atom. The van der Waals surface area contributed by atoms with Gasteiger partial charge in [-0.2, -0.15) is 5.26 Å². The molecule has 0 aliphatic rings. The molecule has 0 radical (unpaired) electrons. The summed E-state index contributed by atoms with van der Waals surface area (Å²) in [5, 5.41) is 9.44. The number of nitriles is 1. The summed E-state index contributed by atoms with van der Waals surface area (Å²) in [5.41, 5.74) is 2.62. The number of anilines is 1. The van der Waals surface area contributed by atoms with Crippen LogP contribution in [-0.4, -0.2) is 31.3 Å². The second kappa shape index (κ2) is 7.86. The lowest BCUT2D eigenvalue weighted by Crippen LogP contribution is -2.38. The van der Waals surface area contributed by atoms with Crippen molar-refractivity contribution in [1.29, 1.82) is 5.26 Å². The molecule has 1 rings (SSSR count). The highest BCUT2D eigenvalue weighted by atomic mass is 16.5. The van der Waals surface area contributed by atoms with Crippen molar-refractivity contribution in [3.05, 3.63) is 22.9 Å². The van der Waals surface area contributed by atoms with Crippen LogP contribution in [0.1, 0.15) is 43.5 Å². The Morgan fingerprint density at radius 1 is 1.35 bits per heavy atom. The lowest BCUT2D eigenvalue weighted by atomic mass is 10.1. The molecule has 0 saturated carbocycles. The summed E-state index contributed by atoms with van der Waals surface area (Å²) in [4.78, 5) is 6.85. The van der Waals surface area contributed by atoms with Gasteiger partial charge in [0.1, 0.15) is 11.9 Å². The summed E-state index contributed by atoms with van der Waals surface area (Å²) in [6.07, 6.45) is 2.06. The van der Waals surface area contributed by atoms with Crippen molar-refractivity contribution in [1.82, 2.24) is 4.98 Å². The molecular formula is C16H25N3O. The molecule has 0 bridgehead atoms. The van der Waals surface area contributed by atoms with Crippen molar-refractivity contribution < 1.29 is 4.74 Å². The minimum Gasteiger partial charge on any atom is -0.383 e. The first kappa shape index (κ1) is 16.5. The van der Waals surface area contributed by atoms with Gasteiger partial charge < -0.3 is 9.64 Å². The van der Waals surface area contributed by atoms with Gasteiger partial charge in [0, 0.05) is 25.4 Å². The normalized spacial score (nSPS) is 10.7. The van der Waals surface area contributed by atoms with E-state index in [9.17, 15) is 5.26 Å². The van der Waals surface area contributed by atoms with Crippen LogP contribution < -0.4 is 4.90 Å². The highest BCUT2D eigenvalue weighted by Crippen LogP contribution is 2.25. The van der Waals surface area contributed by atoms with E-state index in [0.29, 0.717) is 18.2 Å². The highest BCUT2D eigenvalue weighted by Gasteiger charge is 2.21. The molecule has 4 heteroatoms. The van der Waals surface area contributed by atoms with Gasteiger partial charge in [-0.05, 0) is 38.3 Å². The first-order valence-electron chi connectivity index (χ1n) is 7.22. The number of pyridine rings is 1. The molecule has 4 nitrogen and oxygen atoms in total. The molecule has 0 fully saturated rings. The van der Waals surface area contributed by atoms with Crippen molar-refractivity contribution in [2.24, 2.45) is 0 Å². The fraction of sp³-hybridized carbons (Fsp3) is 0.625. The van der Waals surface area contributed by atoms with Crippen molar-refractivity contribution in [3.63, 3.8) is 0 Å². The smallest absolute Gasteiger partial charge is 0.147 e. The zero-order chi connectivity index (χ0) is 15.1. The third-order valence-corrected chi connectivity index (χ3v) is 3.63. The van der Waals surface area contributed by atoms with Gasteiger partial charge in [0.15, 0.2) is 0 Å². The third-order valence-electron chi connectivity index (χ3n) is 3.63. The Hall–Kier alpha value is -1.60. The summed E-state index contributed by atoms with van der Waals surface area (Å²) >= 11 is 0. The van der Waals surface area contributed by atoms with Crippen LogP contribution in [0.2, 0.25) is 0 Å². The SMILES string of the molecule is CCC(CC)N(CCOC)c1nc(C)cc(C)c1C#N. The molecule has 0 unspecified atom stereocenters. The van der Waals surface area contributed by atoms with Gasteiger partial charge in [-0.25, -0.2) is 4.98 Å². The highest BCUT2D eigenvalue weighted by molar-refractivity contribution is 5.58. The largest absolute Gasteiger partial charge is 0.383 e. The number of aryl methyl sites for hydroxylation is 2. The molecule has 0 spiro atoms. The topological polar surface area (TPSA) is 49.1 Å². The van der Waals surface area contributed by atoms with Crippen molar-refractivity contribution in [3.8, 4) is 6.07 Å². The first-order chi connectivity index (χ1) is 9.58. The Morgan fingerprint density at radius 2 is 2.00 bits per heavy atom. The van der Waals surface area contributed by atoms with E-state index in [4.69, 9.17) is 4.74 Å². The first-order valence-corrected chi connectivity index (χ1v) is 7.22. The van der Waals surface area contributed by atoms with E-state index in [1.54, 1.807) is 7.11 Å². The van der Waals surface area contributed by atoms with E-state index in [1.165, 1.54) is 0 Å². The van der Waals surface area contributed by atoms with Crippen LogP contribution in [0.5, 0.6) is 0 Å². The van der Waals surface area contributed by atoms with E-state index >= 15 is 0 Å². The van der Waals surface area contributed by atoms with Crippen LogP contribution in [0.3, 0.4) is 0 Å². The van der Waals surface area contributed by atoms with Gasteiger partial charge >= 0.3 is 0 Å². The molecule has 0 N–H and O–H groups in total. The molecule has 110 valence electrons. The van der Waals surface area contributed by atoms with Gasteiger partial charge in [-0.3, -0.25) is 0 Å². The average Bonchev–Trinajstić information content (AvgIpc) is 2.42. The molecule has 0 aliphatic heterocycles. The number of methoxy groups -OCH3 is 1. The maximum Gasteiger partial charge on any atom is 0.147 e. The molecule has 1 aromatic heterocycles. The summed E-state index contributed by atoms with van der Waals surface area (Å²) in [7, 11) is 1.70. The Bertz CT molecular complexity index is 475. The third kappa shape index (κ3) is 3.71. The molecular weight excluding hydrogens is 250 g/mol. The van der Waals surface area contributed by atoms with Crippen molar-refractivity contribution in [2.45, 2.75) is 46.6 Å². The van der Waals surface area contributed by atoms with Crippen LogP contribution in [0.4, 0.5) is 5.82 Å². The number of nitrogens with zero attached hydrogens (tertiary/aromatic N) is 3. The number of ether oxygens (including phenoxy) is 1. The molecule has 0 aliphatic carbocycles. The van der Waals surface area contributed by atoms with E-state index in [2.05, 4.69) is 29.8 Å². The van der Waals surface area contributed by atoms with Crippen LogP contribution in [0.25, 0.3) is 0 Å². The average molecular weight is 275 g/mol. The monoisotopic (exact) mass is 275 g/mol. The number of aromatic nitrogens is 1. The Kier molecular flexibility index (Phi) is 6.47. The predicted molar refractivity (Wildman–Crippen MR) is 82.0 cm³/mol. The molecule has 0 atom stereocenters. The maximum absolute atomic E-state index is 9.44. The number of rotatable bonds is 7. The second-order valence-corrected chi connectivity index (χ2v) is 5.05. The minimum absolute atomic E-state index is 0.381. The van der Waals surface area contributed by atoms with Crippen LogP contribution in [0, 0.1) is 25.2 Å². The van der Waals surface area contributed by atoms with Crippen molar-refractivity contribution in [2.75, 3.05) is 25.2 Å². The quantitative estimate of drug-likeness (QED) is 0.766. The van der Waals surface area contributed by atoms with Gasteiger partial charge in [0.25, 0.3) is 0 Å². The number of hydrogen-bond acceptors (Lipinski definition) is 4. The molecule has 1 aromatic rings. The van der Waals surface area contributed by atoms with Crippen LogP contribution >= 0.6 is 0 Å². The van der Waals surface area contributed by atoms with Gasteiger partial charge in [0.2, 0.25) is 0 Å². The van der Waals surface area contributed by atoms with E-state index in [0.717, 1.165) is 36.5 Å². The van der Waals surface area contributed by atoms with E-state index in [-0.39, 0.29) is 0 Å². The van der Waals surface area contributed by atoms with Gasteiger partial charge in [-0.15, -0.1) is 0 Å². The summed E-state index contributed by atoms with van der Waals surface area (Å²) in [5.74, 6) is 0.802. The molecule has 0 saturated heterocycles. The Labute approximate surface area is 122 Å². The molecule has 20 heavy (non-hydrogen) atoms. The lowest BCUT2D eigenvalue weighted by molar-refractivity contribution is 0.202.